The van der Waals surface area contributed by atoms with Gasteiger partial charge in [-0.25, -0.2) is 0 Å². The van der Waals surface area contributed by atoms with Crippen molar-refractivity contribution in [3.63, 3.8) is 0 Å². The number of alkyl halides is 3. The molecule has 1 unspecified atom stereocenters. The van der Waals surface area contributed by atoms with E-state index < -0.39 is 12.3 Å². The Bertz CT molecular complexity index is 681. The van der Waals surface area contributed by atoms with Crippen molar-refractivity contribution in [2.45, 2.75) is 32.0 Å². The summed E-state index contributed by atoms with van der Waals surface area (Å²) in [4.78, 5) is 25.1. The molecule has 1 heterocycles. The fourth-order valence-electron chi connectivity index (χ4n) is 3.59. The molecule has 1 saturated carbocycles. The van der Waals surface area contributed by atoms with Crippen LogP contribution >= 0.6 is 0 Å². The van der Waals surface area contributed by atoms with Crippen LogP contribution in [-0.2, 0) is 16.0 Å². The van der Waals surface area contributed by atoms with Gasteiger partial charge in [-0.15, -0.1) is 13.2 Å². The molecule has 3 rings (SSSR count). The number of ether oxygens (including phenoxy) is 1. The minimum absolute atomic E-state index is 0.00951. The summed E-state index contributed by atoms with van der Waals surface area (Å²) in [5.74, 6) is -1.61. The van der Waals surface area contributed by atoms with Crippen LogP contribution in [0.4, 0.5) is 13.2 Å². The Kier molecular flexibility index (Phi) is 4.38. The van der Waals surface area contributed by atoms with Crippen molar-refractivity contribution in [1.82, 2.24) is 4.90 Å². The Balaban J connectivity index is 1.55. The van der Waals surface area contributed by atoms with Crippen LogP contribution in [0.1, 0.15) is 24.8 Å². The fraction of sp³-hybridized carbons (Fsp3) is 0.529. The lowest BCUT2D eigenvalue weighted by molar-refractivity contribution is -0.274. The summed E-state index contributed by atoms with van der Waals surface area (Å²) in [6.45, 7) is 0.975. The van der Waals surface area contributed by atoms with Crippen molar-refractivity contribution < 1.29 is 32.6 Å². The summed E-state index contributed by atoms with van der Waals surface area (Å²) in [5, 5.41) is 9.07. The number of piperidine rings is 1. The van der Waals surface area contributed by atoms with Crippen molar-refractivity contribution in [1.29, 1.82) is 0 Å². The fourth-order valence-corrected chi connectivity index (χ4v) is 3.59. The number of nitrogens with zero attached hydrogens (tertiary/aromatic N) is 1. The molecule has 2 aliphatic rings. The third kappa shape index (κ3) is 4.05. The van der Waals surface area contributed by atoms with Crippen LogP contribution in [0, 0.1) is 11.3 Å². The van der Waals surface area contributed by atoms with Crippen LogP contribution in [0.5, 0.6) is 5.75 Å². The van der Waals surface area contributed by atoms with Gasteiger partial charge in [-0.1, -0.05) is 12.1 Å². The normalized spacial score (nSPS) is 21.9. The van der Waals surface area contributed by atoms with Crippen LogP contribution in [0.3, 0.4) is 0 Å². The zero-order valence-electron chi connectivity index (χ0n) is 13.4. The second-order valence-electron chi connectivity index (χ2n) is 6.71. The van der Waals surface area contributed by atoms with E-state index in [0.29, 0.717) is 37.9 Å². The van der Waals surface area contributed by atoms with Gasteiger partial charge in [0.2, 0.25) is 5.91 Å². The summed E-state index contributed by atoms with van der Waals surface area (Å²) in [6, 6.07) is 5.38. The number of carboxylic acids is 1. The third-order valence-electron chi connectivity index (χ3n) is 5.09. The number of likely N-dealkylation sites (tertiary alicyclic amines) is 1. The van der Waals surface area contributed by atoms with E-state index in [1.165, 1.54) is 18.2 Å². The Morgan fingerprint density at radius 1 is 1.28 bits per heavy atom. The quantitative estimate of drug-likeness (QED) is 0.900. The van der Waals surface area contributed by atoms with E-state index in [-0.39, 0.29) is 29.4 Å². The highest BCUT2D eigenvalue weighted by molar-refractivity contribution is 5.79. The van der Waals surface area contributed by atoms with Gasteiger partial charge < -0.3 is 14.7 Å². The molecular formula is C17H18F3NO4. The number of carbonyl (C=O) groups excluding carboxylic acids is 1. The summed E-state index contributed by atoms with van der Waals surface area (Å²) in [6.07, 6.45) is -2.79. The number of rotatable bonds is 4. The van der Waals surface area contributed by atoms with Gasteiger partial charge in [-0.05, 0) is 42.4 Å². The van der Waals surface area contributed by atoms with Crippen molar-refractivity contribution in [2.24, 2.45) is 11.3 Å². The van der Waals surface area contributed by atoms with Gasteiger partial charge in [0, 0.05) is 13.1 Å². The van der Waals surface area contributed by atoms with E-state index in [2.05, 4.69) is 4.74 Å². The molecule has 1 saturated heterocycles. The molecule has 1 amide bonds. The first-order chi connectivity index (χ1) is 11.7. The van der Waals surface area contributed by atoms with Crippen LogP contribution in [0.2, 0.25) is 0 Å². The Hall–Kier alpha value is -2.25. The molecule has 1 aliphatic carbocycles. The maximum Gasteiger partial charge on any atom is 0.573 e. The number of carbonyl (C=O) groups is 2. The van der Waals surface area contributed by atoms with Crippen LogP contribution in [0.15, 0.2) is 24.3 Å². The maximum absolute atomic E-state index is 12.4. The topological polar surface area (TPSA) is 66.8 Å². The standard InChI is InChI=1S/C17H18F3NO4/c18-17(19,20)25-12-3-1-2-11(8-12)9-14(22)21-6-4-16(5-7-21)10-13(16)15(23)24/h1-3,8,13H,4-7,9-10H2,(H,23,24). The zero-order chi connectivity index (χ0) is 18.2. The van der Waals surface area contributed by atoms with Crippen molar-refractivity contribution in [3.05, 3.63) is 29.8 Å². The molecule has 0 aromatic heterocycles. The van der Waals surface area contributed by atoms with E-state index in [1.807, 2.05) is 0 Å². The maximum atomic E-state index is 12.4. The number of benzene rings is 1. The molecule has 0 bridgehead atoms. The molecular weight excluding hydrogens is 339 g/mol. The smallest absolute Gasteiger partial charge is 0.481 e. The van der Waals surface area contributed by atoms with Gasteiger partial charge in [0.25, 0.3) is 0 Å². The number of hydrogen-bond donors (Lipinski definition) is 1. The molecule has 1 aliphatic heterocycles. The molecule has 1 spiro atoms. The summed E-state index contributed by atoms with van der Waals surface area (Å²) < 4.78 is 40.6. The summed E-state index contributed by atoms with van der Waals surface area (Å²) >= 11 is 0. The molecule has 2 fully saturated rings. The number of halogens is 3. The Morgan fingerprint density at radius 2 is 1.96 bits per heavy atom. The average molecular weight is 357 g/mol. The minimum Gasteiger partial charge on any atom is -0.481 e. The van der Waals surface area contributed by atoms with Crippen molar-refractivity contribution in [3.8, 4) is 5.75 Å². The predicted octanol–water partition coefficient (Wildman–Crippen LogP) is 2.84. The Labute approximate surface area is 142 Å². The van der Waals surface area contributed by atoms with Gasteiger partial charge >= 0.3 is 12.3 Å². The lowest BCUT2D eigenvalue weighted by Gasteiger charge is -2.32. The highest BCUT2D eigenvalue weighted by Crippen LogP contribution is 2.59. The molecule has 1 N–H and O–H groups in total. The first kappa shape index (κ1) is 17.6. The molecule has 136 valence electrons. The predicted molar refractivity (Wildman–Crippen MR) is 80.8 cm³/mol. The van der Waals surface area contributed by atoms with Gasteiger partial charge in [0.1, 0.15) is 5.75 Å². The lowest BCUT2D eigenvalue weighted by Crippen LogP contribution is -2.40. The largest absolute Gasteiger partial charge is 0.573 e. The third-order valence-corrected chi connectivity index (χ3v) is 5.09. The number of carboxylic acid groups (broad SMARTS) is 1. The van der Waals surface area contributed by atoms with E-state index in [0.717, 1.165) is 0 Å². The summed E-state index contributed by atoms with van der Waals surface area (Å²) in [7, 11) is 0. The van der Waals surface area contributed by atoms with E-state index >= 15 is 0 Å². The number of hydrogen-bond acceptors (Lipinski definition) is 3. The number of aliphatic carboxylic acids is 1. The van der Waals surface area contributed by atoms with Crippen LogP contribution < -0.4 is 4.74 Å². The first-order valence-corrected chi connectivity index (χ1v) is 8.04. The molecule has 0 radical (unpaired) electrons. The second-order valence-corrected chi connectivity index (χ2v) is 6.71. The SMILES string of the molecule is O=C(O)C1CC12CCN(C(=O)Cc1cccc(OC(F)(F)F)c1)CC2. The number of amides is 1. The molecule has 8 heteroatoms. The average Bonchev–Trinajstić information content (AvgIpc) is 3.20. The van der Waals surface area contributed by atoms with Crippen molar-refractivity contribution >= 4 is 11.9 Å². The van der Waals surface area contributed by atoms with Gasteiger partial charge in [0.05, 0.1) is 12.3 Å². The highest BCUT2D eigenvalue weighted by Gasteiger charge is 2.59. The molecule has 1 aromatic rings. The zero-order valence-corrected chi connectivity index (χ0v) is 13.4. The van der Waals surface area contributed by atoms with E-state index in [4.69, 9.17) is 5.11 Å². The van der Waals surface area contributed by atoms with Gasteiger partial charge in [0.15, 0.2) is 0 Å². The molecule has 5 nitrogen and oxygen atoms in total. The highest BCUT2D eigenvalue weighted by atomic mass is 19.4. The van der Waals surface area contributed by atoms with E-state index in [9.17, 15) is 22.8 Å². The minimum atomic E-state index is -4.77. The Morgan fingerprint density at radius 3 is 2.52 bits per heavy atom. The van der Waals surface area contributed by atoms with Gasteiger partial charge in [-0.3, -0.25) is 9.59 Å². The first-order valence-electron chi connectivity index (χ1n) is 8.04. The van der Waals surface area contributed by atoms with Crippen LogP contribution in [-0.4, -0.2) is 41.3 Å². The molecule has 25 heavy (non-hydrogen) atoms. The lowest BCUT2D eigenvalue weighted by atomic mass is 9.90. The van der Waals surface area contributed by atoms with Crippen LogP contribution in [0.25, 0.3) is 0 Å². The molecule has 1 atom stereocenters. The second kappa shape index (κ2) is 6.24. The summed E-state index contributed by atoms with van der Waals surface area (Å²) in [5.41, 5.74) is 0.283. The molecule has 1 aromatic carbocycles. The monoisotopic (exact) mass is 357 g/mol. The van der Waals surface area contributed by atoms with E-state index in [1.54, 1.807) is 11.0 Å². The van der Waals surface area contributed by atoms with Gasteiger partial charge in [-0.2, -0.15) is 0 Å². The van der Waals surface area contributed by atoms with Crippen molar-refractivity contribution in [2.75, 3.05) is 13.1 Å².